The van der Waals surface area contributed by atoms with E-state index in [0.29, 0.717) is 13.1 Å². The van der Waals surface area contributed by atoms with Gasteiger partial charge < -0.3 is 19.9 Å². The third kappa shape index (κ3) is 6.97. The molecular weight excluding hydrogens is 394 g/mol. The molecule has 1 saturated heterocycles. The fourth-order valence-corrected chi connectivity index (χ4v) is 3.72. The highest BCUT2D eigenvalue weighted by Crippen LogP contribution is 2.34. The Morgan fingerprint density at radius 3 is 2.39 bits per heavy atom. The topological polar surface area (TPSA) is 79.0 Å². The fraction of sp³-hybridized carbons (Fsp3) is 0.625. The lowest BCUT2D eigenvalue weighted by Crippen LogP contribution is -2.51. The maximum atomic E-state index is 12.9. The molecule has 0 spiro atoms. The minimum Gasteiger partial charge on any atom is -0.444 e. The summed E-state index contributed by atoms with van der Waals surface area (Å²) < 4.78 is 5.49. The van der Waals surface area contributed by atoms with E-state index in [2.05, 4.69) is 5.32 Å². The number of rotatable bonds is 6. The molecule has 1 fully saturated rings. The average molecular weight is 432 g/mol. The van der Waals surface area contributed by atoms with Gasteiger partial charge in [0, 0.05) is 44.2 Å². The number of amides is 3. The lowest BCUT2D eigenvalue weighted by Gasteiger charge is -2.40. The van der Waals surface area contributed by atoms with Crippen LogP contribution < -0.4 is 10.2 Å². The first-order valence-corrected chi connectivity index (χ1v) is 11.0. The zero-order chi connectivity index (χ0) is 23.2. The number of carbonyl (C=O) groups excluding carboxylic acids is 3. The highest BCUT2D eigenvalue weighted by atomic mass is 16.6. The van der Waals surface area contributed by atoms with Crippen molar-refractivity contribution in [3.8, 4) is 0 Å². The monoisotopic (exact) mass is 431 g/mol. The average Bonchev–Trinajstić information content (AvgIpc) is 2.72. The lowest BCUT2D eigenvalue weighted by molar-refractivity contribution is -0.133. The maximum Gasteiger partial charge on any atom is 0.410 e. The van der Waals surface area contributed by atoms with E-state index in [-0.39, 0.29) is 36.8 Å². The first-order chi connectivity index (χ1) is 14.4. The second-order valence-electron chi connectivity index (χ2n) is 9.78. The largest absolute Gasteiger partial charge is 0.444 e. The van der Waals surface area contributed by atoms with Gasteiger partial charge in [0.05, 0.1) is 0 Å². The number of nitrogens with one attached hydrogen (secondary N) is 1. The Kier molecular flexibility index (Phi) is 8.09. The van der Waals surface area contributed by atoms with Crippen LogP contribution in [0.2, 0.25) is 0 Å². The van der Waals surface area contributed by atoms with E-state index in [1.54, 1.807) is 16.8 Å². The third-order valence-electron chi connectivity index (χ3n) is 5.82. The Hall–Kier alpha value is -2.57. The van der Waals surface area contributed by atoms with Gasteiger partial charge in [0.25, 0.3) is 0 Å². The molecule has 7 heteroatoms. The first kappa shape index (κ1) is 24.7. The molecule has 7 nitrogen and oxygen atoms in total. The predicted molar refractivity (Wildman–Crippen MR) is 122 cm³/mol. The van der Waals surface area contributed by atoms with Gasteiger partial charge in [0.2, 0.25) is 11.8 Å². The van der Waals surface area contributed by atoms with Crippen molar-refractivity contribution in [2.24, 2.45) is 11.3 Å². The first-order valence-electron chi connectivity index (χ1n) is 11.0. The molecule has 0 aliphatic carbocycles. The summed E-state index contributed by atoms with van der Waals surface area (Å²) in [5.41, 5.74) is -0.380. The van der Waals surface area contributed by atoms with E-state index in [9.17, 15) is 14.4 Å². The van der Waals surface area contributed by atoms with Crippen LogP contribution in [0, 0.1) is 11.3 Å². The molecule has 1 aliphatic heterocycles. The minimum absolute atomic E-state index is 0.0245. The van der Waals surface area contributed by atoms with Crippen LogP contribution in [0.15, 0.2) is 30.3 Å². The van der Waals surface area contributed by atoms with E-state index < -0.39 is 11.0 Å². The molecule has 0 aromatic heterocycles. The maximum absolute atomic E-state index is 12.9. The Balaban J connectivity index is 1.87. The molecule has 1 heterocycles. The summed E-state index contributed by atoms with van der Waals surface area (Å²) in [5.74, 6) is -0.131. The van der Waals surface area contributed by atoms with Crippen molar-refractivity contribution in [3.63, 3.8) is 0 Å². The summed E-state index contributed by atoms with van der Waals surface area (Å²) in [4.78, 5) is 41.1. The van der Waals surface area contributed by atoms with Crippen LogP contribution in [0.5, 0.6) is 0 Å². The zero-order valence-corrected chi connectivity index (χ0v) is 19.7. The minimum atomic E-state index is -0.658. The predicted octanol–water partition coefficient (Wildman–Crippen LogP) is 3.83. The van der Waals surface area contributed by atoms with Crippen molar-refractivity contribution in [1.82, 2.24) is 10.2 Å². The SMILES string of the molecule is CN(C(=O)CCNC(=O)C(C)(C)C1CCCN(C(=O)OC(C)(C)C)C1)c1ccccc1. The van der Waals surface area contributed by atoms with Crippen LogP contribution in [0.1, 0.15) is 53.9 Å². The number of benzene rings is 1. The van der Waals surface area contributed by atoms with Crippen LogP contribution in [0.3, 0.4) is 0 Å². The molecule has 1 aromatic rings. The van der Waals surface area contributed by atoms with Gasteiger partial charge in [-0.25, -0.2) is 4.79 Å². The molecule has 31 heavy (non-hydrogen) atoms. The molecule has 1 aromatic carbocycles. The van der Waals surface area contributed by atoms with Crippen molar-refractivity contribution in [1.29, 1.82) is 0 Å². The number of anilines is 1. The molecule has 0 radical (unpaired) electrons. The number of para-hydroxylation sites is 1. The van der Waals surface area contributed by atoms with Gasteiger partial charge in [-0.3, -0.25) is 9.59 Å². The normalized spacial score (nSPS) is 17.1. The van der Waals surface area contributed by atoms with Gasteiger partial charge in [0.15, 0.2) is 0 Å². The van der Waals surface area contributed by atoms with Crippen LogP contribution in [0.25, 0.3) is 0 Å². The van der Waals surface area contributed by atoms with Crippen molar-refractivity contribution in [2.45, 2.75) is 59.5 Å². The number of carbonyl (C=O) groups is 3. The van der Waals surface area contributed by atoms with Crippen molar-refractivity contribution < 1.29 is 19.1 Å². The summed E-state index contributed by atoms with van der Waals surface area (Å²) in [5, 5.41) is 2.92. The Morgan fingerprint density at radius 1 is 1.13 bits per heavy atom. The van der Waals surface area contributed by atoms with Crippen molar-refractivity contribution >= 4 is 23.6 Å². The smallest absolute Gasteiger partial charge is 0.410 e. The molecule has 1 unspecified atom stereocenters. The van der Waals surface area contributed by atoms with Crippen molar-refractivity contribution in [3.05, 3.63) is 30.3 Å². The molecule has 2 rings (SSSR count). The molecular formula is C24H37N3O4. The van der Waals surface area contributed by atoms with Crippen molar-refractivity contribution in [2.75, 3.05) is 31.6 Å². The van der Waals surface area contributed by atoms with Crippen LogP contribution >= 0.6 is 0 Å². The summed E-state index contributed by atoms with van der Waals surface area (Å²) in [6, 6.07) is 9.42. The number of ether oxygens (including phenoxy) is 1. The van der Waals surface area contributed by atoms with Gasteiger partial charge in [-0.15, -0.1) is 0 Å². The van der Waals surface area contributed by atoms with Crippen LogP contribution in [-0.2, 0) is 14.3 Å². The summed E-state index contributed by atoms with van der Waals surface area (Å²) >= 11 is 0. The van der Waals surface area contributed by atoms with E-state index in [1.165, 1.54) is 0 Å². The van der Waals surface area contributed by atoms with Crippen LogP contribution in [0.4, 0.5) is 10.5 Å². The quantitative estimate of drug-likeness (QED) is 0.742. The molecule has 3 amide bonds. The van der Waals surface area contributed by atoms with E-state index in [0.717, 1.165) is 18.5 Å². The van der Waals surface area contributed by atoms with E-state index >= 15 is 0 Å². The number of piperidine rings is 1. The molecule has 172 valence electrons. The Morgan fingerprint density at radius 2 is 1.77 bits per heavy atom. The van der Waals surface area contributed by atoms with E-state index in [1.807, 2.05) is 65.0 Å². The van der Waals surface area contributed by atoms with Gasteiger partial charge in [-0.05, 0) is 51.7 Å². The lowest BCUT2D eigenvalue weighted by atomic mass is 9.74. The standard InChI is InChI=1S/C24H37N3O4/c1-23(2,3)31-22(30)27-16-10-11-18(17-27)24(4,5)21(29)25-15-14-20(28)26(6)19-12-8-7-9-13-19/h7-9,12-13,18H,10-11,14-17H2,1-6H3,(H,25,29). The number of hydrogen-bond donors (Lipinski definition) is 1. The number of likely N-dealkylation sites (tertiary alicyclic amines) is 1. The summed E-state index contributed by atoms with van der Waals surface area (Å²) in [6.45, 7) is 10.8. The van der Waals surface area contributed by atoms with Crippen LogP contribution in [-0.4, -0.2) is 55.1 Å². The third-order valence-corrected chi connectivity index (χ3v) is 5.82. The molecule has 1 atom stereocenters. The Bertz CT molecular complexity index is 771. The second kappa shape index (κ2) is 10.2. The Labute approximate surface area is 186 Å². The van der Waals surface area contributed by atoms with E-state index in [4.69, 9.17) is 4.74 Å². The molecule has 0 saturated carbocycles. The van der Waals surface area contributed by atoms with Gasteiger partial charge >= 0.3 is 6.09 Å². The summed E-state index contributed by atoms with van der Waals surface area (Å²) in [6.07, 6.45) is 1.60. The molecule has 1 aliphatic rings. The number of hydrogen-bond acceptors (Lipinski definition) is 4. The summed E-state index contributed by atoms with van der Waals surface area (Å²) in [7, 11) is 1.73. The van der Waals surface area contributed by atoms with Gasteiger partial charge in [-0.2, -0.15) is 0 Å². The zero-order valence-electron chi connectivity index (χ0n) is 19.7. The number of nitrogens with zero attached hydrogens (tertiary/aromatic N) is 2. The van der Waals surface area contributed by atoms with Gasteiger partial charge in [-0.1, -0.05) is 32.0 Å². The second-order valence-corrected chi connectivity index (χ2v) is 9.78. The molecule has 0 bridgehead atoms. The fourth-order valence-electron chi connectivity index (χ4n) is 3.72. The highest BCUT2D eigenvalue weighted by Gasteiger charge is 2.40. The van der Waals surface area contributed by atoms with Gasteiger partial charge in [0.1, 0.15) is 5.60 Å². The highest BCUT2D eigenvalue weighted by molar-refractivity contribution is 5.93. The molecule has 1 N–H and O–H groups in total.